The Bertz CT molecular complexity index is 398. The second-order valence-corrected chi connectivity index (χ2v) is 6.71. The minimum atomic E-state index is -0.227. The van der Waals surface area contributed by atoms with E-state index in [-0.39, 0.29) is 17.4 Å². The number of carbonyl (C=O) groups is 1. The lowest BCUT2D eigenvalue weighted by atomic mass is 9.97. The van der Waals surface area contributed by atoms with Crippen LogP contribution in [0.3, 0.4) is 0 Å². The molecular weight excluding hydrogens is 294 g/mol. The fourth-order valence-corrected chi connectivity index (χ4v) is 2.59. The molecule has 1 atom stereocenters. The van der Waals surface area contributed by atoms with Crippen LogP contribution in [0.5, 0.6) is 0 Å². The van der Waals surface area contributed by atoms with Crippen LogP contribution in [0.2, 0.25) is 0 Å². The Morgan fingerprint density at radius 2 is 2.17 bits per heavy atom. The number of aliphatic imine (C=N–C) groups is 1. The molecule has 0 spiro atoms. The summed E-state index contributed by atoms with van der Waals surface area (Å²) in [5.41, 5.74) is 5.18. The Balaban J connectivity index is 2.21. The van der Waals surface area contributed by atoms with E-state index in [1.54, 1.807) is 14.2 Å². The Hall–Kier alpha value is -1.34. The van der Waals surface area contributed by atoms with Crippen molar-refractivity contribution in [1.82, 2.24) is 15.5 Å². The number of amides is 1. The molecule has 1 rings (SSSR count). The number of likely N-dealkylation sites (tertiary alicyclic amines) is 1. The Morgan fingerprint density at radius 1 is 1.43 bits per heavy atom. The fraction of sp³-hybridized carbons (Fsp3) is 0.875. The van der Waals surface area contributed by atoms with Gasteiger partial charge in [-0.2, -0.15) is 0 Å². The molecule has 0 aliphatic carbocycles. The predicted octanol–water partition coefficient (Wildman–Crippen LogP) is 0.164. The van der Waals surface area contributed by atoms with Crippen molar-refractivity contribution in [2.75, 3.05) is 46.9 Å². The number of nitrogens with two attached hydrogens (primary N) is 1. The summed E-state index contributed by atoms with van der Waals surface area (Å²) in [6.07, 6.45) is 2.98. The molecule has 4 N–H and O–H groups in total. The first-order chi connectivity index (χ1) is 10.9. The molecule has 7 nitrogen and oxygen atoms in total. The van der Waals surface area contributed by atoms with Gasteiger partial charge < -0.3 is 26.0 Å². The van der Waals surface area contributed by atoms with Crippen LogP contribution >= 0.6 is 0 Å². The number of carbonyl (C=O) groups excluding carboxylic acids is 1. The number of primary amides is 1. The maximum Gasteiger partial charge on any atom is 0.221 e. The van der Waals surface area contributed by atoms with E-state index >= 15 is 0 Å². The Kier molecular flexibility index (Phi) is 8.33. The van der Waals surface area contributed by atoms with Crippen molar-refractivity contribution in [3.63, 3.8) is 0 Å². The topological polar surface area (TPSA) is 92.0 Å². The average Bonchev–Trinajstić information content (AvgIpc) is 2.54. The summed E-state index contributed by atoms with van der Waals surface area (Å²) in [6, 6.07) is 0. The van der Waals surface area contributed by atoms with Crippen LogP contribution in [0.25, 0.3) is 0 Å². The van der Waals surface area contributed by atoms with E-state index in [4.69, 9.17) is 10.5 Å². The van der Waals surface area contributed by atoms with Crippen molar-refractivity contribution in [3.05, 3.63) is 0 Å². The molecule has 0 aromatic rings. The molecule has 0 radical (unpaired) electrons. The molecule has 1 amide bonds. The summed E-state index contributed by atoms with van der Waals surface area (Å²) >= 11 is 0. The molecule has 1 aliphatic rings. The van der Waals surface area contributed by atoms with Gasteiger partial charge in [-0.1, -0.05) is 0 Å². The number of nitrogens with zero attached hydrogens (tertiary/aromatic N) is 2. The zero-order valence-corrected chi connectivity index (χ0v) is 15.0. The first-order valence-corrected chi connectivity index (χ1v) is 8.39. The number of piperidine rings is 1. The van der Waals surface area contributed by atoms with Gasteiger partial charge in [0, 0.05) is 33.8 Å². The summed E-state index contributed by atoms with van der Waals surface area (Å²) < 4.78 is 5.38. The third kappa shape index (κ3) is 7.65. The van der Waals surface area contributed by atoms with Crippen LogP contribution < -0.4 is 16.4 Å². The number of hydrogen-bond donors (Lipinski definition) is 3. The first-order valence-electron chi connectivity index (χ1n) is 8.39. The predicted molar refractivity (Wildman–Crippen MR) is 93.4 cm³/mol. The van der Waals surface area contributed by atoms with Crippen LogP contribution in [0, 0.1) is 5.92 Å². The van der Waals surface area contributed by atoms with Gasteiger partial charge in [0.2, 0.25) is 5.91 Å². The van der Waals surface area contributed by atoms with E-state index in [1.165, 1.54) is 0 Å². The van der Waals surface area contributed by atoms with E-state index in [1.807, 2.05) is 13.8 Å². The van der Waals surface area contributed by atoms with Gasteiger partial charge in [0.1, 0.15) is 0 Å². The largest absolute Gasteiger partial charge is 0.377 e. The van der Waals surface area contributed by atoms with Crippen LogP contribution in [0.15, 0.2) is 4.99 Å². The minimum Gasteiger partial charge on any atom is -0.377 e. The highest BCUT2D eigenvalue weighted by Gasteiger charge is 2.23. The maximum absolute atomic E-state index is 11.3. The third-order valence-electron chi connectivity index (χ3n) is 4.31. The molecule has 1 heterocycles. The lowest BCUT2D eigenvalue weighted by Crippen LogP contribution is -2.46. The standard InChI is InChI=1S/C16H33N5O2/c1-16(2,23-4)12-20-15(18-3)19-8-6-10-21-9-5-7-13(11-21)14(17)22/h13H,5-12H2,1-4H3,(H2,17,22)(H2,18,19,20). The highest BCUT2D eigenvalue weighted by molar-refractivity contribution is 5.79. The van der Waals surface area contributed by atoms with Gasteiger partial charge in [0.25, 0.3) is 0 Å². The van der Waals surface area contributed by atoms with Crippen molar-refractivity contribution in [3.8, 4) is 0 Å². The van der Waals surface area contributed by atoms with Crippen LogP contribution in [0.1, 0.15) is 33.1 Å². The van der Waals surface area contributed by atoms with Crippen LogP contribution in [-0.2, 0) is 9.53 Å². The zero-order valence-electron chi connectivity index (χ0n) is 15.0. The Morgan fingerprint density at radius 3 is 2.78 bits per heavy atom. The van der Waals surface area contributed by atoms with Crippen LogP contribution in [0.4, 0.5) is 0 Å². The second kappa shape index (κ2) is 9.72. The lowest BCUT2D eigenvalue weighted by molar-refractivity contribution is -0.123. The normalized spacial score (nSPS) is 20.3. The smallest absolute Gasteiger partial charge is 0.221 e. The molecule has 1 unspecified atom stereocenters. The molecule has 23 heavy (non-hydrogen) atoms. The molecule has 0 bridgehead atoms. The maximum atomic E-state index is 11.3. The van der Waals surface area contributed by atoms with Gasteiger partial charge >= 0.3 is 0 Å². The highest BCUT2D eigenvalue weighted by atomic mass is 16.5. The number of ether oxygens (including phenoxy) is 1. The number of guanidine groups is 1. The van der Waals surface area contributed by atoms with Gasteiger partial charge in [-0.15, -0.1) is 0 Å². The summed E-state index contributed by atoms with van der Waals surface area (Å²) in [5, 5.41) is 6.56. The van der Waals surface area contributed by atoms with Crippen LogP contribution in [-0.4, -0.2) is 69.2 Å². The van der Waals surface area contributed by atoms with E-state index in [9.17, 15) is 4.79 Å². The summed E-state index contributed by atoms with van der Waals surface area (Å²) in [5.74, 6) is 0.629. The highest BCUT2D eigenvalue weighted by Crippen LogP contribution is 2.15. The summed E-state index contributed by atoms with van der Waals surface area (Å²) in [4.78, 5) is 17.8. The van der Waals surface area contributed by atoms with Gasteiger partial charge in [0.15, 0.2) is 5.96 Å². The molecule has 0 aromatic heterocycles. The van der Waals surface area contributed by atoms with E-state index in [2.05, 4.69) is 20.5 Å². The van der Waals surface area contributed by atoms with Crippen molar-refractivity contribution in [1.29, 1.82) is 0 Å². The number of rotatable bonds is 8. The first kappa shape index (κ1) is 19.7. The van der Waals surface area contributed by atoms with E-state index in [0.717, 1.165) is 51.4 Å². The summed E-state index contributed by atoms with van der Waals surface area (Å²) in [7, 11) is 3.47. The molecule has 1 saturated heterocycles. The number of hydrogen-bond acceptors (Lipinski definition) is 4. The molecule has 1 fully saturated rings. The fourth-order valence-electron chi connectivity index (χ4n) is 2.59. The molecule has 0 aromatic carbocycles. The molecule has 134 valence electrons. The van der Waals surface area contributed by atoms with Crippen molar-refractivity contribution in [2.24, 2.45) is 16.6 Å². The molecule has 0 saturated carbocycles. The lowest BCUT2D eigenvalue weighted by Gasteiger charge is -2.31. The summed E-state index contributed by atoms with van der Waals surface area (Å²) in [6.45, 7) is 8.40. The van der Waals surface area contributed by atoms with Crippen molar-refractivity contribution >= 4 is 11.9 Å². The second-order valence-electron chi connectivity index (χ2n) is 6.71. The average molecular weight is 327 g/mol. The Labute approximate surface area is 140 Å². The number of nitrogens with one attached hydrogen (secondary N) is 2. The van der Waals surface area contributed by atoms with Crippen molar-refractivity contribution < 1.29 is 9.53 Å². The minimum absolute atomic E-state index is 0.0161. The SMILES string of the molecule is CN=C(NCCCN1CCCC(C(N)=O)C1)NCC(C)(C)OC. The van der Waals surface area contributed by atoms with Gasteiger partial charge in [-0.25, -0.2) is 0 Å². The monoisotopic (exact) mass is 327 g/mol. The molecule has 7 heteroatoms. The third-order valence-corrected chi connectivity index (χ3v) is 4.31. The quantitative estimate of drug-likeness (QED) is 0.336. The van der Waals surface area contributed by atoms with Crippen molar-refractivity contribution in [2.45, 2.75) is 38.7 Å². The zero-order chi connectivity index (χ0) is 17.3. The molecule has 1 aliphatic heterocycles. The van der Waals surface area contributed by atoms with Gasteiger partial charge in [-0.05, 0) is 46.2 Å². The van der Waals surface area contributed by atoms with E-state index < -0.39 is 0 Å². The van der Waals surface area contributed by atoms with Gasteiger partial charge in [0.05, 0.1) is 11.5 Å². The molecular formula is C16H33N5O2. The van der Waals surface area contributed by atoms with Gasteiger partial charge in [-0.3, -0.25) is 9.79 Å². The number of methoxy groups -OCH3 is 1. The van der Waals surface area contributed by atoms with E-state index in [0.29, 0.717) is 6.54 Å².